The van der Waals surface area contributed by atoms with Gasteiger partial charge >= 0.3 is 70.2 Å². The van der Waals surface area contributed by atoms with Gasteiger partial charge in [0, 0.05) is 0 Å². The summed E-state index contributed by atoms with van der Waals surface area (Å²) in [5.74, 6) is 0. The van der Waals surface area contributed by atoms with Crippen LogP contribution >= 0.6 is 0 Å². The van der Waals surface area contributed by atoms with Gasteiger partial charge in [0.1, 0.15) is 0 Å². The SMILES string of the molecule is Cc1c2ccccc2[se][n+]1[O-]. The predicted molar refractivity (Wildman–Crippen MR) is 44.6 cm³/mol. The molecule has 0 amide bonds. The van der Waals surface area contributed by atoms with E-state index in [0.29, 0.717) is 0 Å². The number of benzene rings is 1. The van der Waals surface area contributed by atoms with Crippen molar-refractivity contribution in [1.29, 1.82) is 0 Å². The molecular formula is C8H7NOSe. The van der Waals surface area contributed by atoms with Crippen molar-refractivity contribution in [2.24, 2.45) is 0 Å². The molecule has 0 aliphatic rings. The van der Waals surface area contributed by atoms with Gasteiger partial charge in [-0.1, -0.05) is 0 Å². The van der Waals surface area contributed by atoms with Crippen LogP contribution in [-0.4, -0.2) is 14.7 Å². The third-order valence-corrected chi connectivity index (χ3v) is 3.81. The molecule has 2 aromatic rings. The van der Waals surface area contributed by atoms with Crippen LogP contribution in [0.25, 0.3) is 9.65 Å². The molecule has 1 heterocycles. The average molecular weight is 212 g/mol. The fraction of sp³-hybridized carbons (Fsp3) is 0.125. The van der Waals surface area contributed by atoms with E-state index in [0.717, 1.165) is 14.8 Å². The maximum atomic E-state index is 11.1. The number of aromatic nitrogens is 1. The van der Waals surface area contributed by atoms with Crippen LogP contribution in [0.4, 0.5) is 0 Å². The maximum absolute atomic E-state index is 11.1. The van der Waals surface area contributed by atoms with E-state index in [1.54, 1.807) is 0 Å². The van der Waals surface area contributed by atoms with Gasteiger partial charge in [-0.2, -0.15) is 0 Å². The van der Waals surface area contributed by atoms with Crippen LogP contribution in [-0.2, 0) is 0 Å². The number of rotatable bonds is 0. The molecule has 0 spiro atoms. The van der Waals surface area contributed by atoms with Crippen LogP contribution in [0.2, 0.25) is 0 Å². The molecule has 0 radical (unpaired) electrons. The second kappa shape index (κ2) is 2.36. The zero-order valence-electron chi connectivity index (χ0n) is 6.07. The van der Waals surface area contributed by atoms with Crippen molar-refractivity contribution in [3.63, 3.8) is 0 Å². The molecule has 11 heavy (non-hydrogen) atoms. The van der Waals surface area contributed by atoms with Gasteiger partial charge in [0.25, 0.3) is 0 Å². The monoisotopic (exact) mass is 213 g/mol. The predicted octanol–water partition coefficient (Wildman–Crippen LogP) is 0.839. The van der Waals surface area contributed by atoms with Crippen LogP contribution in [0.1, 0.15) is 5.69 Å². The second-order valence-electron chi connectivity index (χ2n) is 2.43. The van der Waals surface area contributed by atoms with E-state index in [-0.39, 0.29) is 14.7 Å². The summed E-state index contributed by atoms with van der Waals surface area (Å²) < 4.78 is 2.30. The van der Waals surface area contributed by atoms with E-state index in [4.69, 9.17) is 0 Å². The van der Waals surface area contributed by atoms with Crippen LogP contribution < -0.4 is 3.73 Å². The number of aryl methyl sites for hydroxylation is 1. The Morgan fingerprint density at radius 1 is 1.36 bits per heavy atom. The molecule has 3 heteroatoms. The minimum absolute atomic E-state index is 0.0271. The summed E-state index contributed by atoms with van der Waals surface area (Å²) >= 11 is -0.0271. The number of fused-ring (bicyclic) bond motifs is 1. The number of hydrogen-bond donors (Lipinski definition) is 0. The number of nitrogens with zero attached hydrogens (tertiary/aromatic N) is 1. The van der Waals surface area contributed by atoms with Crippen LogP contribution in [0.5, 0.6) is 0 Å². The summed E-state index contributed by atoms with van der Waals surface area (Å²) in [6.45, 7) is 1.88. The standard InChI is InChI=1S/C8H7NOSe/c1-6-7-4-2-3-5-8(7)11-9(6)10/h2-5H,1H3. The number of hydrogen-bond acceptors (Lipinski definition) is 1. The van der Waals surface area contributed by atoms with Crippen molar-refractivity contribution < 1.29 is 3.73 Å². The Morgan fingerprint density at radius 2 is 2.09 bits per heavy atom. The van der Waals surface area contributed by atoms with Gasteiger partial charge in [0.05, 0.1) is 0 Å². The molecule has 0 atom stereocenters. The Kier molecular flexibility index (Phi) is 1.48. The molecule has 2 nitrogen and oxygen atoms in total. The second-order valence-corrected chi connectivity index (χ2v) is 4.43. The van der Waals surface area contributed by atoms with Gasteiger partial charge < -0.3 is 0 Å². The van der Waals surface area contributed by atoms with Crippen molar-refractivity contribution in [3.8, 4) is 0 Å². The first-order chi connectivity index (χ1) is 5.29. The van der Waals surface area contributed by atoms with Gasteiger partial charge in [-0.25, -0.2) is 0 Å². The first kappa shape index (κ1) is 6.89. The Balaban J connectivity index is 2.92. The first-order valence-electron chi connectivity index (χ1n) is 3.37. The van der Waals surface area contributed by atoms with E-state index in [1.165, 1.54) is 4.26 Å². The Bertz CT molecular complexity index is 394. The molecule has 0 saturated heterocycles. The van der Waals surface area contributed by atoms with E-state index >= 15 is 0 Å². The van der Waals surface area contributed by atoms with Gasteiger partial charge in [-0.05, 0) is 0 Å². The Morgan fingerprint density at radius 3 is 2.82 bits per heavy atom. The summed E-state index contributed by atoms with van der Waals surface area (Å²) in [4.78, 5) is 0. The van der Waals surface area contributed by atoms with Crippen molar-refractivity contribution in [2.75, 3.05) is 0 Å². The van der Waals surface area contributed by atoms with Crippen molar-refractivity contribution in [2.45, 2.75) is 6.92 Å². The van der Waals surface area contributed by atoms with Crippen molar-refractivity contribution >= 4 is 24.4 Å². The molecule has 0 unspecified atom stereocenters. The minimum atomic E-state index is -0.0271. The molecule has 1 aromatic heterocycles. The molecule has 0 fully saturated rings. The normalized spacial score (nSPS) is 10.6. The topological polar surface area (TPSA) is 26.9 Å². The van der Waals surface area contributed by atoms with Gasteiger partial charge in [-0.3, -0.25) is 0 Å². The quantitative estimate of drug-likeness (QED) is 0.469. The fourth-order valence-electron chi connectivity index (χ4n) is 1.10. The zero-order chi connectivity index (χ0) is 7.84. The third kappa shape index (κ3) is 0.970. The van der Waals surface area contributed by atoms with Crippen molar-refractivity contribution in [3.05, 3.63) is 35.2 Å². The van der Waals surface area contributed by atoms with Crippen LogP contribution in [0, 0.1) is 12.1 Å². The van der Waals surface area contributed by atoms with Crippen molar-refractivity contribution in [1.82, 2.24) is 0 Å². The van der Waals surface area contributed by atoms with Gasteiger partial charge in [-0.15, -0.1) is 0 Å². The summed E-state index contributed by atoms with van der Waals surface area (Å²) in [5.41, 5.74) is 0.862. The molecule has 0 saturated carbocycles. The van der Waals surface area contributed by atoms with Gasteiger partial charge in [0.15, 0.2) is 0 Å². The van der Waals surface area contributed by atoms with E-state index in [2.05, 4.69) is 0 Å². The molecule has 0 N–H and O–H groups in total. The average Bonchev–Trinajstić information content (AvgIpc) is 2.30. The Labute approximate surface area is 70.6 Å². The molecule has 0 bridgehead atoms. The van der Waals surface area contributed by atoms with Crippen LogP contribution in [0.3, 0.4) is 0 Å². The van der Waals surface area contributed by atoms with Gasteiger partial charge in [0.2, 0.25) is 0 Å². The molecular weight excluding hydrogens is 205 g/mol. The summed E-state index contributed by atoms with van der Waals surface area (Å²) in [7, 11) is 0. The molecule has 1 aromatic carbocycles. The van der Waals surface area contributed by atoms with E-state index in [9.17, 15) is 5.21 Å². The molecule has 0 aliphatic carbocycles. The molecule has 56 valence electrons. The Hall–Kier alpha value is -0.791. The molecule has 2 rings (SSSR count). The van der Waals surface area contributed by atoms with E-state index < -0.39 is 0 Å². The summed E-state index contributed by atoms with van der Waals surface area (Å²) in [5, 5.41) is 12.3. The fourth-order valence-corrected chi connectivity index (χ4v) is 2.92. The van der Waals surface area contributed by atoms with Crippen LogP contribution in [0.15, 0.2) is 24.3 Å². The molecule has 0 aliphatic heterocycles. The van der Waals surface area contributed by atoms with E-state index in [1.807, 2.05) is 31.2 Å². The summed E-state index contributed by atoms with van der Waals surface area (Å²) in [6.07, 6.45) is 0. The zero-order valence-corrected chi connectivity index (χ0v) is 7.79. The summed E-state index contributed by atoms with van der Waals surface area (Å²) in [6, 6.07) is 7.98. The third-order valence-electron chi connectivity index (χ3n) is 1.73. The first-order valence-corrected chi connectivity index (χ1v) is 4.99.